The van der Waals surface area contributed by atoms with Gasteiger partial charge in [0, 0.05) is 13.0 Å². The fourth-order valence-corrected chi connectivity index (χ4v) is 0.861. The number of hydrogen-bond acceptors (Lipinski definition) is 2. The first kappa shape index (κ1) is 6.55. The van der Waals surface area contributed by atoms with Crippen molar-refractivity contribution in [3.05, 3.63) is 6.42 Å². The number of carbonyl (C=O) groups is 1. The zero-order chi connectivity index (χ0) is 6.91. The summed E-state index contributed by atoms with van der Waals surface area (Å²) in [5.74, 6) is -0.309. The molecule has 1 fully saturated rings. The Morgan fingerprint density at radius 3 is 2.44 bits per heavy atom. The largest absolute Gasteiger partial charge is 0.396 e. The Kier molecular flexibility index (Phi) is 1.45. The zero-order valence-electron chi connectivity index (χ0n) is 5.13. The number of carbonyl (C=O) groups excluding carboxylic acids is 1. The van der Waals surface area contributed by atoms with E-state index < -0.39 is 5.41 Å². The van der Waals surface area contributed by atoms with Crippen LogP contribution in [0.4, 0.5) is 0 Å². The molecule has 9 heavy (non-hydrogen) atoms. The molecule has 0 heterocycles. The van der Waals surface area contributed by atoms with Crippen LogP contribution in [0.1, 0.15) is 12.8 Å². The highest BCUT2D eigenvalue weighted by molar-refractivity contribution is 5.85. The molecule has 1 amide bonds. The second-order valence-electron chi connectivity index (χ2n) is 2.41. The van der Waals surface area contributed by atoms with E-state index in [1.54, 1.807) is 6.42 Å². The molecule has 0 aromatic heterocycles. The van der Waals surface area contributed by atoms with Crippen LogP contribution in [0.25, 0.3) is 0 Å². The molecule has 1 saturated carbocycles. The van der Waals surface area contributed by atoms with Gasteiger partial charge in [-0.2, -0.15) is 0 Å². The summed E-state index contributed by atoms with van der Waals surface area (Å²) in [6.45, 7) is -0.0526. The van der Waals surface area contributed by atoms with Crippen molar-refractivity contribution in [1.82, 2.24) is 0 Å². The fraction of sp³-hybridized carbons (Fsp3) is 0.667. The van der Waals surface area contributed by atoms with Crippen molar-refractivity contribution < 1.29 is 9.90 Å². The third-order valence-corrected chi connectivity index (χ3v) is 1.76. The predicted octanol–water partition coefficient (Wildman–Crippen LogP) is -0.552. The Morgan fingerprint density at radius 1 is 1.78 bits per heavy atom. The second kappa shape index (κ2) is 1.99. The van der Waals surface area contributed by atoms with Crippen LogP contribution in [0.15, 0.2) is 0 Å². The maximum Gasteiger partial charge on any atom is 0.224 e. The summed E-state index contributed by atoms with van der Waals surface area (Å²) in [4.78, 5) is 10.6. The van der Waals surface area contributed by atoms with E-state index in [4.69, 9.17) is 10.8 Å². The number of hydrogen-bond donors (Lipinski definition) is 2. The van der Waals surface area contributed by atoms with Crippen molar-refractivity contribution in [3.8, 4) is 0 Å². The van der Waals surface area contributed by atoms with Crippen molar-refractivity contribution in [2.75, 3.05) is 6.61 Å². The molecule has 3 nitrogen and oxygen atoms in total. The van der Waals surface area contributed by atoms with Crippen molar-refractivity contribution in [1.29, 1.82) is 0 Å². The molecule has 0 aromatic carbocycles. The smallest absolute Gasteiger partial charge is 0.224 e. The summed E-state index contributed by atoms with van der Waals surface area (Å²) in [7, 11) is 0. The quantitative estimate of drug-likeness (QED) is 0.535. The topological polar surface area (TPSA) is 63.3 Å². The van der Waals surface area contributed by atoms with Crippen LogP contribution in [-0.2, 0) is 4.79 Å². The Labute approximate surface area is 53.9 Å². The minimum Gasteiger partial charge on any atom is -0.396 e. The van der Waals surface area contributed by atoms with Crippen LogP contribution in [0.3, 0.4) is 0 Å². The van der Waals surface area contributed by atoms with Crippen LogP contribution in [0, 0.1) is 11.8 Å². The van der Waals surface area contributed by atoms with Gasteiger partial charge in [0.15, 0.2) is 0 Å². The summed E-state index contributed by atoms with van der Waals surface area (Å²) < 4.78 is 0. The molecule has 0 aromatic rings. The summed E-state index contributed by atoms with van der Waals surface area (Å²) in [6, 6.07) is 0. The van der Waals surface area contributed by atoms with Gasteiger partial charge in [-0.1, -0.05) is 0 Å². The van der Waals surface area contributed by atoms with Crippen molar-refractivity contribution in [2.45, 2.75) is 12.8 Å². The maximum atomic E-state index is 10.6. The molecule has 0 aliphatic heterocycles. The van der Waals surface area contributed by atoms with E-state index in [-0.39, 0.29) is 12.5 Å². The molecule has 0 unspecified atom stereocenters. The van der Waals surface area contributed by atoms with Gasteiger partial charge in [0.1, 0.15) is 0 Å². The van der Waals surface area contributed by atoms with Crippen LogP contribution in [0.2, 0.25) is 0 Å². The highest BCUT2D eigenvalue weighted by Gasteiger charge is 2.47. The molecule has 1 rings (SSSR count). The minimum atomic E-state index is -0.436. The lowest BCUT2D eigenvalue weighted by atomic mass is 10.0. The normalized spacial score (nSPS) is 21.4. The number of amides is 1. The predicted molar refractivity (Wildman–Crippen MR) is 32.2 cm³/mol. The van der Waals surface area contributed by atoms with Gasteiger partial charge in [0.25, 0.3) is 0 Å². The van der Waals surface area contributed by atoms with Crippen molar-refractivity contribution >= 4 is 5.91 Å². The SMILES string of the molecule is NC(=O)C1([CH]CO)CC1. The first-order valence-corrected chi connectivity index (χ1v) is 2.96. The van der Waals surface area contributed by atoms with E-state index in [0.29, 0.717) is 0 Å². The van der Waals surface area contributed by atoms with E-state index in [0.717, 1.165) is 12.8 Å². The molecule has 3 N–H and O–H groups in total. The van der Waals surface area contributed by atoms with E-state index in [1.165, 1.54) is 0 Å². The minimum absolute atomic E-state index is 0.0526. The van der Waals surface area contributed by atoms with Crippen LogP contribution in [0.5, 0.6) is 0 Å². The van der Waals surface area contributed by atoms with Gasteiger partial charge in [0.2, 0.25) is 5.91 Å². The molecule has 0 atom stereocenters. The number of rotatable bonds is 3. The number of aliphatic hydroxyl groups is 1. The standard InChI is InChI=1S/C6H10NO2/c7-5(9)6(1-2-6)3-4-8/h3,8H,1-2,4H2,(H2,7,9). The van der Waals surface area contributed by atoms with Crippen molar-refractivity contribution in [3.63, 3.8) is 0 Å². The number of nitrogens with two attached hydrogens (primary N) is 1. The lowest BCUT2D eigenvalue weighted by Crippen LogP contribution is -2.25. The third kappa shape index (κ3) is 1.05. The van der Waals surface area contributed by atoms with Crippen LogP contribution < -0.4 is 5.73 Å². The first-order chi connectivity index (χ1) is 4.21. The van der Waals surface area contributed by atoms with Gasteiger partial charge >= 0.3 is 0 Å². The van der Waals surface area contributed by atoms with Gasteiger partial charge in [-0.3, -0.25) is 4.79 Å². The highest BCUT2D eigenvalue weighted by Crippen LogP contribution is 2.47. The Morgan fingerprint density at radius 2 is 2.33 bits per heavy atom. The first-order valence-electron chi connectivity index (χ1n) is 2.96. The van der Waals surface area contributed by atoms with Crippen molar-refractivity contribution in [2.24, 2.45) is 11.1 Å². The lowest BCUT2D eigenvalue weighted by molar-refractivity contribution is -0.122. The highest BCUT2D eigenvalue weighted by atomic mass is 16.3. The van der Waals surface area contributed by atoms with Gasteiger partial charge in [-0.05, 0) is 12.8 Å². The fourth-order valence-electron chi connectivity index (χ4n) is 0.861. The van der Waals surface area contributed by atoms with Gasteiger partial charge in [-0.25, -0.2) is 0 Å². The molecule has 1 aliphatic rings. The van der Waals surface area contributed by atoms with Gasteiger partial charge in [-0.15, -0.1) is 0 Å². The monoisotopic (exact) mass is 128 g/mol. The summed E-state index contributed by atoms with van der Waals surface area (Å²) in [6.07, 6.45) is 3.20. The molecule has 51 valence electrons. The van der Waals surface area contributed by atoms with Gasteiger partial charge in [0.05, 0.1) is 5.41 Å². The average molecular weight is 128 g/mol. The second-order valence-corrected chi connectivity index (χ2v) is 2.41. The molecule has 3 heteroatoms. The molecule has 0 spiro atoms. The molecular formula is C6H10NO2. The zero-order valence-corrected chi connectivity index (χ0v) is 5.13. The lowest BCUT2D eigenvalue weighted by Gasteiger charge is -2.05. The van der Waals surface area contributed by atoms with Gasteiger partial charge < -0.3 is 10.8 Å². The van der Waals surface area contributed by atoms with Crippen LogP contribution >= 0.6 is 0 Å². The van der Waals surface area contributed by atoms with E-state index in [9.17, 15) is 4.79 Å². The maximum absolute atomic E-state index is 10.6. The molecule has 1 aliphatic carbocycles. The molecule has 0 bridgehead atoms. The van der Waals surface area contributed by atoms with E-state index in [1.807, 2.05) is 0 Å². The Bertz CT molecular complexity index is 129. The summed E-state index contributed by atoms with van der Waals surface area (Å²) in [5.41, 5.74) is 4.60. The van der Waals surface area contributed by atoms with E-state index >= 15 is 0 Å². The molecule has 0 saturated heterocycles. The van der Waals surface area contributed by atoms with E-state index in [2.05, 4.69) is 0 Å². The van der Waals surface area contributed by atoms with Crippen LogP contribution in [-0.4, -0.2) is 17.6 Å². The number of aliphatic hydroxyl groups excluding tert-OH is 1. The average Bonchev–Trinajstić information content (AvgIpc) is 2.49. The third-order valence-electron chi connectivity index (χ3n) is 1.76. The Balaban J connectivity index is 2.43. The molecular weight excluding hydrogens is 118 g/mol. The summed E-state index contributed by atoms with van der Waals surface area (Å²) >= 11 is 0. The Hall–Kier alpha value is -0.570. The summed E-state index contributed by atoms with van der Waals surface area (Å²) in [5, 5.41) is 8.43. The number of primary amides is 1. The molecule has 1 radical (unpaired) electrons.